The van der Waals surface area contributed by atoms with Crippen LogP contribution in [0.15, 0.2) is 36.4 Å². The summed E-state index contributed by atoms with van der Waals surface area (Å²) < 4.78 is 28.8. The van der Waals surface area contributed by atoms with Gasteiger partial charge in [0, 0.05) is 11.6 Å². The second kappa shape index (κ2) is 6.80. The molecule has 116 valence electrons. The number of nitrogens with one attached hydrogen (secondary N) is 1. The quantitative estimate of drug-likeness (QED) is 0.922. The van der Waals surface area contributed by atoms with Crippen molar-refractivity contribution < 1.29 is 23.4 Å². The van der Waals surface area contributed by atoms with Crippen molar-refractivity contribution >= 4 is 11.6 Å². The Kier molecular flexibility index (Phi) is 4.83. The predicted molar refractivity (Wildman–Crippen MR) is 80.5 cm³/mol. The Morgan fingerprint density at radius 3 is 2.23 bits per heavy atom. The van der Waals surface area contributed by atoms with Crippen molar-refractivity contribution in [3.05, 3.63) is 47.8 Å². The molecular weight excluding hydrogens is 289 g/mol. The number of hydrogen-bond acceptors (Lipinski definition) is 4. The average molecular weight is 305 g/mol. The van der Waals surface area contributed by atoms with Gasteiger partial charge in [-0.05, 0) is 30.3 Å². The van der Waals surface area contributed by atoms with Crippen LogP contribution in [0, 0.1) is 5.82 Å². The largest absolute Gasteiger partial charge is 0.497 e. The van der Waals surface area contributed by atoms with E-state index in [2.05, 4.69) is 5.32 Å². The molecule has 0 atom stereocenters. The van der Waals surface area contributed by atoms with Crippen LogP contribution in [0.3, 0.4) is 0 Å². The van der Waals surface area contributed by atoms with Gasteiger partial charge in [0.1, 0.15) is 11.5 Å². The second-order valence-corrected chi connectivity index (χ2v) is 4.37. The Bertz CT molecular complexity index is 688. The summed E-state index contributed by atoms with van der Waals surface area (Å²) in [6.45, 7) is 0. The van der Waals surface area contributed by atoms with Crippen molar-refractivity contribution in [3.63, 3.8) is 0 Å². The van der Waals surface area contributed by atoms with Gasteiger partial charge in [0.25, 0.3) is 5.91 Å². The number of anilines is 1. The van der Waals surface area contributed by atoms with Crippen LogP contribution in [-0.4, -0.2) is 27.2 Å². The molecule has 0 aliphatic carbocycles. The van der Waals surface area contributed by atoms with Gasteiger partial charge in [-0.3, -0.25) is 4.79 Å². The zero-order chi connectivity index (χ0) is 16.1. The van der Waals surface area contributed by atoms with E-state index in [-0.39, 0.29) is 11.3 Å². The average Bonchev–Trinajstić information content (AvgIpc) is 2.54. The minimum atomic E-state index is -0.604. The molecule has 0 saturated heterocycles. The van der Waals surface area contributed by atoms with Gasteiger partial charge in [-0.25, -0.2) is 4.39 Å². The van der Waals surface area contributed by atoms with E-state index in [0.29, 0.717) is 17.2 Å². The zero-order valence-corrected chi connectivity index (χ0v) is 12.5. The molecule has 0 aliphatic heterocycles. The van der Waals surface area contributed by atoms with Crippen LogP contribution in [0.2, 0.25) is 0 Å². The van der Waals surface area contributed by atoms with Crippen LogP contribution in [0.5, 0.6) is 17.2 Å². The topological polar surface area (TPSA) is 56.8 Å². The third-order valence-electron chi connectivity index (χ3n) is 3.07. The smallest absolute Gasteiger partial charge is 0.255 e. The van der Waals surface area contributed by atoms with Gasteiger partial charge in [-0.2, -0.15) is 0 Å². The minimum absolute atomic E-state index is 0.0792. The Hall–Kier alpha value is -2.76. The van der Waals surface area contributed by atoms with Crippen LogP contribution in [0.1, 0.15) is 10.4 Å². The number of benzene rings is 2. The molecule has 1 amide bonds. The molecule has 0 bridgehead atoms. The third-order valence-corrected chi connectivity index (χ3v) is 3.07. The van der Waals surface area contributed by atoms with Crippen LogP contribution in [-0.2, 0) is 0 Å². The zero-order valence-electron chi connectivity index (χ0n) is 12.5. The highest BCUT2D eigenvalue weighted by Gasteiger charge is 2.13. The van der Waals surface area contributed by atoms with Crippen molar-refractivity contribution in [2.24, 2.45) is 0 Å². The summed E-state index contributed by atoms with van der Waals surface area (Å²) in [5.74, 6) is 0.0523. The Labute approximate surface area is 127 Å². The van der Waals surface area contributed by atoms with Gasteiger partial charge >= 0.3 is 0 Å². The van der Waals surface area contributed by atoms with E-state index >= 15 is 0 Å². The maximum absolute atomic E-state index is 13.7. The maximum Gasteiger partial charge on any atom is 0.255 e. The molecule has 0 radical (unpaired) electrons. The first-order valence-corrected chi connectivity index (χ1v) is 6.46. The summed E-state index contributed by atoms with van der Waals surface area (Å²) in [4.78, 5) is 12.2. The molecule has 0 spiro atoms. The highest BCUT2D eigenvalue weighted by atomic mass is 19.1. The van der Waals surface area contributed by atoms with Gasteiger partial charge in [0.2, 0.25) is 0 Å². The van der Waals surface area contributed by atoms with Gasteiger partial charge in [-0.1, -0.05) is 0 Å². The van der Waals surface area contributed by atoms with Gasteiger partial charge in [-0.15, -0.1) is 0 Å². The van der Waals surface area contributed by atoms with E-state index in [1.807, 2.05) is 0 Å². The molecule has 1 N–H and O–H groups in total. The lowest BCUT2D eigenvalue weighted by atomic mass is 10.2. The van der Waals surface area contributed by atoms with Crippen LogP contribution >= 0.6 is 0 Å². The SMILES string of the molecule is COc1ccc(OC)c(NC(=O)c2ccc(OC)c(F)c2)c1. The van der Waals surface area contributed by atoms with Crippen molar-refractivity contribution in [1.82, 2.24) is 0 Å². The van der Waals surface area contributed by atoms with E-state index in [9.17, 15) is 9.18 Å². The van der Waals surface area contributed by atoms with E-state index < -0.39 is 11.7 Å². The lowest BCUT2D eigenvalue weighted by Gasteiger charge is -2.12. The van der Waals surface area contributed by atoms with Crippen LogP contribution in [0.25, 0.3) is 0 Å². The summed E-state index contributed by atoms with van der Waals surface area (Å²) >= 11 is 0. The first-order chi connectivity index (χ1) is 10.6. The van der Waals surface area contributed by atoms with E-state index in [1.165, 1.54) is 33.5 Å². The molecule has 0 aromatic heterocycles. The van der Waals surface area contributed by atoms with E-state index in [0.717, 1.165) is 6.07 Å². The third kappa shape index (κ3) is 3.28. The molecule has 2 aromatic rings. The molecule has 0 saturated carbocycles. The standard InChI is InChI=1S/C16H16FNO4/c1-20-11-5-7-15(22-3)13(9-11)18-16(19)10-4-6-14(21-2)12(17)8-10/h4-9H,1-3H3,(H,18,19). The van der Waals surface area contributed by atoms with Crippen LogP contribution < -0.4 is 19.5 Å². The monoisotopic (exact) mass is 305 g/mol. The van der Waals surface area contributed by atoms with Crippen LogP contribution in [0.4, 0.5) is 10.1 Å². The number of hydrogen-bond donors (Lipinski definition) is 1. The Balaban J connectivity index is 2.26. The molecule has 2 rings (SSSR count). The number of ether oxygens (including phenoxy) is 3. The van der Waals surface area contributed by atoms with Crippen molar-refractivity contribution in [1.29, 1.82) is 0 Å². The molecule has 22 heavy (non-hydrogen) atoms. The molecular formula is C16H16FNO4. The summed E-state index contributed by atoms with van der Waals surface area (Å²) in [5, 5.41) is 2.67. The Morgan fingerprint density at radius 2 is 1.64 bits per heavy atom. The number of carbonyl (C=O) groups excluding carboxylic acids is 1. The van der Waals surface area contributed by atoms with Crippen molar-refractivity contribution in [2.75, 3.05) is 26.6 Å². The number of carbonyl (C=O) groups is 1. The Morgan fingerprint density at radius 1 is 0.955 bits per heavy atom. The highest BCUT2D eigenvalue weighted by Crippen LogP contribution is 2.29. The summed E-state index contributed by atoms with van der Waals surface area (Å²) in [6.07, 6.45) is 0. The molecule has 0 unspecified atom stereocenters. The predicted octanol–water partition coefficient (Wildman–Crippen LogP) is 3.10. The molecule has 0 fully saturated rings. The summed E-state index contributed by atoms with van der Waals surface area (Å²) in [6, 6.07) is 8.99. The van der Waals surface area contributed by atoms with Gasteiger partial charge in [0.15, 0.2) is 11.6 Å². The lowest BCUT2D eigenvalue weighted by molar-refractivity contribution is 0.102. The molecule has 5 nitrogen and oxygen atoms in total. The van der Waals surface area contributed by atoms with E-state index in [4.69, 9.17) is 14.2 Å². The first-order valence-electron chi connectivity index (χ1n) is 6.46. The number of methoxy groups -OCH3 is 3. The molecule has 0 aliphatic rings. The fourth-order valence-electron chi connectivity index (χ4n) is 1.91. The van der Waals surface area contributed by atoms with E-state index in [1.54, 1.807) is 18.2 Å². The minimum Gasteiger partial charge on any atom is -0.497 e. The highest BCUT2D eigenvalue weighted by molar-refractivity contribution is 6.05. The normalized spacial score (nSPS) is 10.0. The first kappa shape index (κ1) is 15.6. The van der Waals surface area contributed by atoms with Crippen molar-refractivity contribution in [2.45, 2.75) is 0 Å². The summed E-state index contributed by atoms with van der Waals surface area (Å²) in [5.41, 5.74) is 0.603. The molecule has 0 heterocycles. The number of rotatable bonds is 5. The lowest BCUT2D eigenvalue weighted by Crippen LogP contribution is -2.13. The molecule has 6 heteroatoms. The fraction of sp³-hybridized carbons (Fsp3) is 0.188. The number of amides is 1. The van der Waals surface area contributed by atoms with Gasteiger partial charge < -0.3 is 19.5 Å². The second-order valence-electron chi connectivity index (χ2n) is 4.37. The number of halogens is 1. The van der Waals surface area contributed by atoms with Gasteiger partial charge in [0.05, 0.1) is 27.0 Å². The maximum atomic E-state index is 13.7. The molecule has 2 aromatic carbocycles. The fourth-order valence-corrected chi connectivity index (χ4v) is 1.91. The summed E-state index contributed by atoms with van der Waals surface area (Å²) in [7, 11) is 4.37. The van der Waals surface area contributed by atoms with Crippen molar-refractivity contribution in [3.8, 4) is 17.2 Å².